The van der Waals surface area contributed by atoms with Gasteiger partial charge in [0.25, 0.3) is 5.91 Å². The van der Waals surface area contributed by atoms with Crippen LogP contribution in [0, 0.1) is 19.7 Å². The van der Waals surface area contributed by atoms with Gasteiger partial charge < -0.3 is 4.74 Å². The van der Waals surface area contributed by atoms with Gasteiger partial charge in [0.2, 0.25) is 0 Å². The fraction of sp³-hybridized carbons (Fsp3) is 0.211. The average molecular weight is 386 g/mol. The largest absolute Gasteiger partial charge is 0.478 e. The van der Waals surface area contributed by atoms with Crippen LogP contribution in [0.5, 0.6) is 5.75 Å². The summed E-state index contributed by atoms with van der Waals surface area (Å²) in [5.74, 6) is -0.963. The van der Waals surface area contributed by atoms with Crippen LogP contribution in [0.3, 0.4) is 0 Å². The molecular formula is C19H19FN4O2S. The summed E-state index contributed by atoms with van der Waals surface area (Å²) in [4.78, 5) is 16.4. The van der Waals surface area contributed by atoms with E-state index < -0.39 is 17.8 Å². The van der Waals surface area contributed by atoms with Crippen molar-refractivity contribution in [2.75, 3.05) is 0 Å². The van der Waals surface area contributed by atoms with Crippen molar-refractivity contribution in [1.82, 2.24) is 15.0 Å². The van der Waals surface area contributed by atoms with Crippen LogP contribution < -0.4 is 10.2 Å². The highest BCUT2D eigenvalue weighted by Gasteiger charge is 2.16. The van der Waals surface area contributed by atoms with Gasteiger partial charge in [-0.25, -0.2) is 14.8 Å². The van der Waals surface area contributed by atoms with Crippen molar-refractivity contribution in [3.8, 4) is 10.9 Å². The molecule has 1 aromatic carbocycles. The molecule has 0 aliphatic carbocycles. The Morgan fingerprint density at radius 2 is 2.19 bits per heavy atom. The Bertz CT molecular complexity index is 966. The summed E-state index contributed by atoms with van der Waals surface area (Å²) in [6.07, 6.45) is 2.44. The number of carbonyl (C=O) groups is 1. The van der Waals surface area contributed by atoms with Gasteiger partial charge in [0.05, 0.1) is 6.21 Å². The zero-order valence-electron chi connectivity index (χ0n) is 15.1. The molecule has 1 amide bonds. The number of hydrogen-bond donors (Lipinski definition) is 1. The van der Waals surface area contributed by atoms with Gasteiger partial charge in [-0.3, -0.25) is 9.36 Å². The Labute approximate surface area is 160 Å². The fourth-order valence-electron chi connectivity index (χ4n) is 2.58. The first kappa shape index (κ1) is 18.8. The van der Waals surface area contributed by atoms with Crippen LogP contribution in [0.1, 0.15) is 23.9 Å². The van der Waals surface area contributed by atoms with Gasteiger partial charge in [-0.2, -0.15) is 5.10 Å². The second kappa shape index (κ2) is 8.13. The third-order valence-corrected chi connectivity index (χ3v) is 4.73. The third-order valence-electron chi connectivity index (χ3n) is 3.97. The van der Waals surface area contributed by atoms with Crippen LogP contribution in [-0.2, 0) is 4.79 Å². The van der Waals surface area contributed by atoms with E-state index in [1.807, 2.05) is 29.9 Å². The minimum absolute atomic E-state index is 0.0242. The number of benzene rings is 1. The SMILES string of the molecule is Cc1cc(/C=N\NC(=O)[C@H](C)Oc2ccccc2F)c(C)n1-c1nccs1. The van der Waals surface area contributed by atoms with E-state index in [-0.39, 0.29) is 5.75 Å². The normalized spacial score (nSPS) is 12.3. The van der Waals surface area contributed by atoms with Gasteiger partial charge in [0.1, 0.15) is 0 Å². The molecule has 3 rings (SSSR count). The fourth-order valence-corrected chi connectivity index (χ4v) is 3.33. The lowest BCUT2D eigenvalue weighted by atomic mass is 10.3. The number of carbonyl (C=O) groups excluding carboxylic acids is 1. The summed E-state index contributed by atoms with van der Waals surface area (Å²) >= 11 is 1.54. The predicted molar refractivity (Wildman–Crippen MR) is 103 cm³/mol. The molecule has 0 saturated carbocycles. The monoisotopic (exact) mass is 386 g/mol. The number of para-hydroxylation sites is 1. The van der Waals surface area contributed by atoms with Gasteiger partial charge in [-0.1, -0.05) is 12.1 Å². The quantitative estimate of drug-likeness (QED) is 0.520. The van der Waals surface area contributed by atoms with E-state index in [1.54, 1.807) is 35.9 Å². The van der Waals surface area contributed by atoms with Gasteiger partial charge in [0, 0.05) is 28.5 Å². The Balaban J connectivity index is 1.64. The van der Waals surface area contributed by atoms with Crippen LogP contribution in [0.25, 0.3) is 5.13 Å². The number of hydrazone groups is 1. The van der Waals surface area contributed by atoms with Crippen molar-refractivity contribution in [2.45, 2.75) is 26.9 Å². The molecule has 0 aliphatic rings. The van der Waals surface area contributed by atoms with Gasteiger partial charge >= 0.3 is 0 Å². The number of aryl methyl sites for hydroxylation is 1. The topological polar surface area (TPSA) is 68.5 Å². The van der Waals surface area contributed by atoms with E-state index in [0.29, 0.717) is 0 Å². The van der Waals surface area contributed by atoms with E-state index in [9.17, 15) is 9.18 Å². The van der Waals surface area contributed by atoms with Crippen molar-refractivity contribution >= 4 is 23.5 Å². The second-order valence-electron chi connectivity index (χ2n) is 5.90. The number of amides is 1. The maximum Gasteiger partial charge on any atom is 0.280 e. The van der Waals surface area contributed by atoms with E-state index in [4.69, 9.17) is 4.74 Å². The van der Waals surface area contributed by atoms with Crippen molar-refractivity contribution in [1.29, 1.82) is 0 Å². The molecule has 0 saturated heterocycles. The third kappa shape index (κ3) is 4.22. The minimum atomic E-state index is -0.887. The molecule has 0 aliphatic heterocycles. The van der Waals surface area contributed by atoms with Crippen LogP contribution in [0.4, 0.5) is 4.39 Å². The molecule has 2 heterocycles. The minimum Gasteiger partial charge on any atom is -0.478 e. The van der Waals surface area contributed by atoms with Gasteiger partial charge in [0.15, 0.2) is 22.8 Å². The first-order valence-electron chi connectivity index (χ1n) is 8.30. The molecule has 27 heavy (non-hydrogen) atoms. The first-order chi connectivity index (χ1) is 13.0. The van der Waals surface area contributed by atoms with Crippen LogP contribution >= 0.6 is 11.3 Å². The van der Waals surface area contributed by atoms with Crippen molar-refractivity contribution < 1.29 is 13.9 Å². The highest BCUT2D eigenvalue weighted by molar-refractivity contribution is 7.12. The van der Waals surface area contributed by atoms with Gasteiger partial charge in [-0.05, 0) is 39.0 Å². The summed E-state index contributed by atoms with van der Waals surface area (Å²) < 4.78 is 21.0. The molecule has 8 heteroatoms. The molecule has 0 radical (unpaired) electrons. The molecule has 6 nitrogen and oxygen atoms in total. The predicted octanol–water partition coefficient (Wildman–Crippen LogP) is 3.61. The number of thiazole rings is 1. The van der Waals surface area contributed by atoms with E-state index in [2.05, 4.69) is 15.5 Å². The Morgan fingerprint density at radius 1 is 1.41 bits per heavy atom. The zero-order chi connectivity index (χ0) is 19.4. The molecule has 140 valence electrons. The first-order valence-corrected chi connectivity index (χ1v) is 9.18. The lowest BCUT2D eigenvalue weighted by molar-refractivity contribution is -0.127. The molecule has 0 unspecified atom stereocenters. The average Bonchev–Trinajstić information content (AvgIpc) is 3.25. The van der Waals surface area contributed by atoms with Gasteiger partial charge in [-0.15, -0.1) is 11.3 Å². The number of hydrogen-bond acceptors (Lipinski definition) is 5. The summed E-state index contributed by atoms with van der Waals surface area (Å²) in [7, 11) is 0. The molecule has 1 N–H and O–H groups in total. The van der Waals surface area contributed by atoms with E-state index >= 15 is 0 Å². The van der Waals surface area contributed by atoms with Crippen LogP contribution in [-0.4, -0.2) is 27.8 Å². The summed E-state index contributed by atoms with van der Waals surface area (Å²) in [6, 6.07) is 7.90. The number of nitrogens with one attached hydrogen (secondary N) is 1. The lowest BCUT2D eigenvalue weighted by Crippen LogP contribution is -2.33. The Hall–Kier alpha value is -3.00. The molecule has 2 aromatic heterocycles. The molecule has 0 fully saturated rings. The molecule has 3 aromatic rings. The molecule has 1 atom stereocenters. The number of aromatic nitrogens is 2. The van der Waals surface area contributed by atoms with Crippen LogP contribution in [0.2, 0.25) is 0 Å². The van der Waals surface area contributed by atoms with Crippen molar-refractivity contribution in [2.24, 2.45) is 5.10 Å². The number of nitrogens with zero attached hydrogens (tertiary/aromatic N) is 3. The Kier molecular flexibility index (Phi) is 5.66. The summed E-state index contributed by atoms with van der Waals surface area (Å²) in [5, 5.41) is 6.79. The number of ether oxygens (including phenoxy) is 1. The number of rotatable bonds is 6. The summed E-state index contributed by atoms with van der Waals surface area (Å²) in [6.45, 7) is 5.47. The maximum absolute atomic E-state index is 13.6. The standard InChI is InChI=1S/C19H19FN4O2S/c1-12-10-15(13(2)24(12)19-21-8-9-27-19)11-22-23-18(25)14(3)26-17-7-5-4-6-16(17)20/h4-11,14H,1-3H3,(H,23,25)/b22-11-/t14-/m0/s1. The second-order valence-corrected chi connectivity index (χ2v) is 6.77. The molecule has 0 bridgehead atoms. The lowest BCUT2D eigenvalue weighted by Gasteiger charge is -2.13. The van der Waals surface area contributed by atoms with Crippen molar-refractivity contribution in [3.05, 3.63) is 64.7 Å². The summed E-state index contributed by atoms with van der Waals surface area (Å²) in [5.41, 5.74) is 5.28. The molecular weight excluding hydrogens is 367 g/mol. The van der Waals surface area contributed by atoms with E-state index in [1.165, 1.54) is 19.1 Å². The van der Waals surface area contributed by atoms with Crippen LogP contribution in [0.15, 0.2) is 47.0 Å². The number of halogens is 1. The smallest absolute Gasteiger partial charge is 0.280 e. The highest BCUT2D eigenvalue weighted by Crippen LogP contribution is 2.21. The van der Waals surface area contributed by atoms with E-state index in [0.717, 1.165) is 22.1 Å². The highest BCUT2D eigenvalue weighted by atomic mass is 32.1. The zero-order valence-corrected chi connectivity index (χ0v) is 16.0. The maximum atomic E-state index is 13.6. The molecule has 0 spiro atoms. The Morgan fingerprint density at radius 3 is 2.89 bits per heavy atom. The van der Waals surface area contributed by atoms with Crippen molar-refractivity contribution in [3.63, 3.8) is 0 Å².